The van der Waals surface area contributed by atoms with Crippen LogP contribution in [0.4, 0.5) is 4.39 Å². The molecule has 0 saturated carbocycles. The molecule has 0 radical (unpaired) electrons. The predicted octanol–water partition coefficient (Wildman–Crippen LogP) is 2.95. The van der Waals surface area contributed by atoms with E-state index in [2.05, 4.69) is 4.90 Å². The first kappa shape index (κ1) is 17.9. The quantitative estimate of drug-likeness (QED) is 0.874. The lowest BCUT2D eigenvalue weighted by molar-refractivity contribution is -0.0460. The fourth-order valence-corrected chi connectivity index (χ4v) is 3.03. The van der Waals surface area contributed by atoms with Crippen molar-refractivity contribution in [2.45, 2.75) is 19.1 Å². The Hall–Kier alpha value is -1.95. The summed E-state index contributed by atoms with van der Waals surface area (Å²) in [6.07, 6.45) is -0.764. The van der Waals surface area contributed by atoms with Crippen molar-refractivity contribution in [2.24, 2.45) is 0 Å². The number of para-hydroxylation sites is 1. The summed E-state index contributed by atoms with van der Waals surface area (Å²) in [5, 5.41) is 10.3. The Balaban J connectivity index is 1.51. The minimum absolute atomic E-state index is 0.172. The molecule has 1 fully saturated rings. The Bertz CT molecular complexity index is 694. The van der Waals surface area contributed by atoms with Crippen LogP contribution in [-0.4, -0.2) is 49.0 Å². The van der Waals surface area contributed by atoms with Crippen LogP contribution in [0.3, 0.4) is 0 Å². The average molecular weight is 345 g/mol. The molecule has 0 spiro atoms. The minimum Gasteiger partial charge on any atom is -0.491 e. The van der Waals surface area contributed by atoms with Gasteiger partial charge in [0.2, 0.25) is 0 Å². The van der Waals surface area contributed by atoms with Gasteiger partial charge in [-0.3, -0.25) is 4.90 Å². The molecule has 2 aromatic carbocycles. The number of nitrogens with zero attached hydrogens (tertiary/aromatic N) is 1. The topological polar surface area (TPSA) is 41.9 Å². The highest BCUT2D eigenvalue weighted by atomic mass is 19.1. The van der Waals surface area contributed by atoms with E-state index in [0.29, 0.717) is 19.7 Å². The Morgan fingerprint density at radius 3 is 2.92 bits per heavy atom. The third kappa shape index (κ3) is 5.01. The molecule has 0 aliphatic carbocycles. The third-order valence-electron chi connectivity index (χ3n) is 4.36. The van der Waals surface area contributed by atoms with Gasteiger partial charge in [0, 0.05) is 19.6 Å². The molecule has 2 unspecified atom stereocenters. The fourth-order valence-electron chi connectivity index (χ4n) is 3.03. The number of morpholine rings is 1. The van der Waals surface area contributed by atoms with Crippen molar-refractivity contribution in [3.05, 3.63) is 65.5 Å². The molecule has 1 aliphatic rings. The molecule has 4 nitrogen and oxygen atoms in total. The number of benzene rings is 2. The molecule has 0 amide bonds. The van der Waals surface area contributed by atoms with Crippen molar-refractivity contribution in [3.63, 3.8) is 0 Å². The molecule has 1 heterocycles. The molecule has 0 aromatic heterocycles. The third-order valence-corrected chi connectivity index (χ3v) is 4.36. The van der Waals surface area contributed by atoms with Crippen LogP contribution in [0.1, 0.15) is 17.2 Å². The van der Waals surface area contributed by atoms with Crippen LogP contribution < -0.4 is 4.74 Å². The molecule has 0 bridgehead atoms. The lowest BCUT2D eigenvalue weighted by Gasteiger charge is -2.34. The lowest BCUT2D eigenvalue weighted by atomic mass is 10.1. The number of aryl methyl sites for hydroxylation is 1. The summed E-state index contributed by atoms with van der Waals surface area (Å²) >= 11 is 0. The van der Waals surface area contributed by atoms with Gasteiger partial charge in [0.25, 0.3) is 0 Å². The summed E-state index contributed by atoms with van der Waals surface area (Å²) < 4.78 is 24.9. The molecule has 25 heavy (non-hydrogen) atoms. The van der Waals surface area contributed by atoms with E-state index in [-0.39, 0.29) is 18.5 Å². The van der Waals surface area contributed by atoms with E-state index >= 15 is 0 Å². The zero-order valence-corrected chi connectivity index (χ0v) is 14.4. The van der Waals surface area contributed by atoms with Crippen molar-refractivity contribution in [3.8, 4) is 5.75 Å². The normalized spacial score (nSPS) is 19.6. The van der Waals surface area contributed by atoms with Crippen LogP contribution in [0.15, 0.2) is 48.5 Å². The molecule has 1 saturated heterocycles. The van der Waals surface area contributed by atoms with Crippen LogP contribution in [0.5, 0.6) is 5.75 Å². The Kier molecular flexibility index (Phi) is 6.02. The predicted molar refractivity (Wildman–Crippen MR) is 94.2 cm³/mol. The molecule has 1 N–H and O–H groups in total. The minimum atomic E-state index is -0.592. The first-order valence-corrected chi connectivity index (χ1v) is 8.58. The Morgan fingerprint density at radius 2 is 2.12 bits per heavy atom. The number of ether oxygens (including phenoxy) is 2. The zero-order valence-electron chi connectivity index (χ0n) is 14.4. The number of halogens is 1. The average Bonchev–Trinajstić information content (AvgIpc) is 2.61. The van der Waals surface area contributed by atoms with E-state index in [1.54, 1.807) is 6.07 Å². The Labute approximate surface area is 147 Å². The monoisotopic (exact) mass is 345 g/mol. The SMILES string of the molecule is Cc1ccccc1OCC(O)CN1CCOC(c2cccc(F)c2)C1. The van der Waals surface area contributed by atoms with E-state index in [1.165, 1.54) is 12.1 Å². The van der Waals surface area contributed by atoms with Crippen molar-refractivity contribution in [1.29, 1.82) is 0 Å². The summed E-state index contributed by atoms with van der Waals surface area (Å²) in [6.45, 7) is 4.66. The molecule has 3 rings (SSSR count). The smallest absolute Gasteiger partial charge is 0.123 e. The molecule has 1 aliphatic heterocycles. The maximum atomic E-state index is 13.4. The summed E-state index contributed by atoms with van der Waals surface area (Å²) in [7, 11) is 0. The first-order valence-electron chi connectivity index (χ1n) is 8.58. The largest absolute Gasteiger partial charge is 0.491 e. The van der Waals surface area contributed by atoms with Gasteiger partial charge in [0.15, 0.2) is 0 Å². The van der Waals surface area contributed by atoms with Gasteiger partial charge in [-0.25, -0.2) is 4.39 Å². The number of rotatable bonds is 6. The van der Waals surface area contributed by atoms with Gasteiger partial charge in [-0.15, -0.1) is 0 Å². The van der Waals surface area contributed by atoms with Gasteiger partial charge in [0.05, 0.1) is 12.7 Å². The summed E-state index contributed by atoms with van der Waals surface area (Å²) in [6, 6.07) is 14.2. The van der Waals surface area contributed by atoms with Gasteiger partial charge in [-0.05, 0) is 36.2 Å². The van der Waals surface area contributed by atoms with Gasteiger partial charge in [-0.1, -0.05) is 30.3 Å². The Morgan fingerprint density at radius 1 is 1.28 bits per heavy atom. The van der Waals surface area contributed by atoms with Crippen LogP contribution in [-0.2, 0) is 4.74 Å². The van der Waals surface area contributed by atoms with Crippen molar-refractivity contribution in [1.82, 2.24) is 4.90 Å². The van der Waals surface area contributed by atoms with E-state index in [4.69, 9.17) is 9.47 Å². The fraction of sp³-hybridized carbons (Fsp3) is 0.400. The van der Waals surface area contributed by atoms with Crippen molar-refractivity contribution in [2.75, 3.05) is 32.8 Å². The molecule has 5 heteroatoms. The molecular weight excluding hydrogens is 321 g/mol. The maximum absolute atomic E-state index is 13.4. The zero-order chi connectivity index (χ0) is 17.6. The van der Waals surface area contributed by atoms with Gasteiger partial charge < -0.3 is 14.6 Å². The number of hydrogen-bond donors (Lipinski definition) is 1. The van der Waals surface area contributed by atoms with Crippen molar-refractivity contribution < 1.29 is 19.0 Å². The van der Waals surface area contributed by atoms with Crippen LogP contribution >= 0.6 is 0 Å². The summed E-state index contributed by atoms with van der Waals surface area (Å²) in [4.78, 5) is 2.13. The molecule has 134 valence electrons. The summed E-state index contributed by atoms with van der Waals surface area (Å²) in [5.74, 6) is 0.533. The standard InChI is InChI=1S/C20H24FNO3/c1-15-5-2-3-8-19(15)25-14-18(23)12-22-9-10-24-20(13-22)16-6-4-7-17(21)11-16/h2-8,11,18,20,23H,9-10,12-14H2,1H3. The maximum Gasteiger partial charge on any atom is 0.123 e. The number of β-amino-alcohol motifs (C(OH)–C–C–N with tert-alkyl or cyclic N) is 1. The highest BCUT2D eigenvalue weighted by Crippen LogP contribution is 2.23. The van der Waals surface area contributed by atoms with Gasteiger partial charge >= 0.3 is 0 Å². The van der Waals surface area contributed by atoms with Gasteiger partial charge in [0.1, 0.15) is 24.3 Å². The number of aliphatic hydroxyl groups is 1. The van der Waals surface area contributed by atoms with E-state index in [0.717, 1.165) is 23.4 Å². The summed E-state index contributed by atoms with van der Waals surface area (Å²) in [5.41, 5.74) is 1.88. The van der Waals surface area contributed by atoms with Crippen LogP contribution in [0, 0.1) is 12.7 Å². The molecular formula is C20H24FNO3. The van der Waals surface area contributed by atoms with Crippen LogP contribution in [0.25, 0.3) is 0 Å². The molecule has 2 aromatic rings. The van der Waals surface area contributed by atoms with Crippen molar-refractivity contribution >= 4 is 0 Å². The van der Waals surface area contributed by atoms with E-state index < -0.39 is 6.10 Å². The van der Waals surface area contributed by atoms with Gasteiger partial charge in [-0.2, -0.15) is 0 Å². The second-order valence-corrected chi connectivity index (χ2v) is 6.40. The second kappa shape index (κ2) is 8.43. The van der Waals surface area contributed by atoms with E-state index in [1.807, 2.05) is 37.3 Å². The highest BCUT2D eigenvalue weighted by Gasteiger charge is 2.24. The lowest BCUT2D eigenvalue weighted by Crippen LogP contribution is -2.43. The second-order valence-electron chi connectivity index (χ2n) is 6.40. The number of hydrogen-bond acceptors (Lipinski definition) is 4. The number of aliphatic hydroxyl groups excluding tert-OH is 1. The molecule has 2 atom stereocenters. The van der Waals surface area contributed by atoms with E-state index in [9.17, 15) is 9.50 Å². The first-order chi connectivity index (χ1) is 12.1. The highest BCUT2D eigenvalue weighted by molar-refractivity contribution is 5.31. The van der Waals surface area contributed by atoms with Crippen LogP contribution in [0.2, 0.25) is 0 Å².